The molecule has 8 heteroatoms. The van der Waals surface area contributed by atoms with Gasteiger partial charge in [-0.15, -0.1) is 0 Å². The predicted molar refractivity (Wildman–Crippen MR) is 74.2 cm³/mol. The molecule has 1 heterocycles. The normalized spacial score (nSPS) is 11.3. The second-order valence-electron chi connectivity index (χ2n) is 3.54. The summed E-state index contributed by atoms with van der Waals surface area (Å²) in [4.78, 5) is 3.72. The van der Waals surface area contributed by atoms with Gasteiger partial charge in [0, 0.05) is 10.7 Å². The first-order valence-corrected chi connectivity index (χ1v) is 7.63. The van der Waals surface area contributed by atoms with Crippen LogP contribution in [0.4, 0.5) is 10.2 Å². The van der Waals surface area contributed by atoms with Crippen LogP contribution in [0, 0.1) is 5.82 Å². The summed E-state index contributed by atoms with van der Waals surface area (Å²) in [5.74, 6) is -0.531. The van der Waals surface area contributed by atoms with E-state index in [1.807, 2.05) is 0 Å². The van der Waals surface area contributed by atoms with Crippen molar-refractivity contribution in [1.82, 2.24) is 4.98 Å². The minimum atomic E-state index is -3.85. The lowest BCUT2D eigenvalue weighted by atomic mass is 10.3. The van der Waals surface area contributed by atoms with Crippen molar-refractivity contribution in [1.29, 1.82) is 0 Å². The molecule has 2 rings (SSSR count). The maximum Gasteiger partial charge on any atom is 0.263 e. The molecule has 0 bridgehead atoms. The van der Waals surface area contributed by atoms with Crippen LogP contribution in [0.5, 0.6) is 0 Å². The highest BCUT2D eigenvalue weighted by atomic mass is 79.9. The van der Waals surface area contributed by atoms with Crippen LogP contribution < -0.4 is 4.72 Å². The lowest BCUT2D eigenvalue weighted by molar-refractivity contribution is 0.599. The molecule has 1 aromatic carbocycles. The van der Waals surface area contributed by atoms with Crippen molar-refractivity contribution in [3.8, 4) is 0 Å². The number of pyridine rings is 1. The lowest BCUT2D eigenvalue weighted by Crippen LogP contribution is -2.14. The zero-order valence-corrected chi connectivity index (χ0v) is 12.4. The molecule has 0 aliphatic heterocycles. The second-order valence-corrected chi connectivity index (χ2v) is 6.55. The van der Waals surface area contributed by atoms with Gasteiger partial charge in [0.25, 0.3) is 10.0 Å². The van der Waals surface area contributed by atoms with Gasteiger partial charge >= 0.3 is 0 Å². The minimum absolute atomic E-state index is 0.138. The Kier molecular flexibility index (Phi) is 4.07. The van der Waals surface area contributed by atoms with E-state index in [0.717, 1.165) is 18.2 Å². The number of hydrogen-bond acceptors (Lipinski definition) is 3. The SMILES string of the molecule is O=S(=O)(Nc1cc(Br)ccn1)c1ccc(F)c(Cl)c1. The Hall–Kier alpha value is -1.18. The number of nitrogens with one attached hydrogen (secondary N) is 1. The molecule has 0 radical (unpaired) electrons. The Morgan fingerprint density at radius 2 is 2.00 bits per heavy atom. The third-order valence-corrected chi connectivity index (χ3v) is 4.30. The molecule has 0 saturated heterocycles. The lowest BCUT2D eigenvalue weighted by Gasteiger charge is -2.08. The fourth-order valence-corrected chi connectivity index (χ4v) is 2.91. The first-order chi connectivity index (χ1) is 8.88. The van der Waals surface area contributed by atoms with Crippen molar-refractivity contribution in [2.75, 3.05) is 4.72 Å². The molecule has 0 aliphatic carbocycles. The first-order valence-electron chi connectivity index (χ1n) is 4.98. The van der Waals surface area contributed by atoms with Gasteiger partial charge in [0.15, 0.2) is 0 Å². The molecule has 0 saturated carbocycles. The molecule has 100 valence electrons. The van der Waals surface area contributed by atoms with Gasteiger partial charge in [0.2, 0.25) is 0 Å². The van der Waals surface area contributed by atoms with Crippen LogP contribution in [0.1, 0.15) is 0 Å². The van der Waals surface area contributed by atoms with Gasteiger partial charge in [-0.2, -0.15) is 0 Å². The second kappa shape index (κ2) is 5.44. The average Bonchev–Trinajstić information content (AvgIpc) is 2.32. The van der Waals surface area contributed by atoms with E-state index in [4.69, 9.17) is 11.6 Å². The average molecular weight is 366 g/mol. The van der Waals surface area contributed by atoms with E-state index < -0.39 is 15.8 Å². The zero-order valence-electron chi connectivity index (χ0n) is 9.27. The van der Waals surface area contributed by atoms with Crippen molar-refractivity contribution < 1.29 is 12.8 Å². The molecular weight excluding hydrogens is 359 g/mol. The third kappa shape index (κ3) is 3.43. The maximum absolute atomic E-state index is 13.0. The van der Waals surface area contributed by atoms with Gasteiger partial charge < -0.3 is 0 Å². The van der Waals surface area contributed by atoms with E-state index in [1.54, 1.807) is 6.07 Å². The Labute approximate surface area is 122 Å². The molecule has 4 nitrogen and oxygen atoms in total. The van der Waals surface area contributed by atoms with E-state index in [-0.39, 0.29) is 15.7 Å². The van der Waals surface area contributed by atoms with Gasteiger partial charge in [0.05, 0.1) is 9.92 Å². The largest absolute Gasteiger partial charge is 0.263 e. The van der Waals surface area contributed by atoms with E-state index in [0.29, 0.717) is 4.47 Å². The van der Waals surface area contributed by atoms with E-state index in [1.165, 1.54) is 12.3 Å². The molecule has 1 N–H and O–H groups in total. The number of aromatic nitrogens is 1. The van der Waals surface area contributed by atoms with E-state index in [9.17, 15) is 12.8 Å². The highest BCUT2D eigenvalue weighted by Gasteiger charge is 2.16. The molecule has 0 aliphatic rings. The smallest absolute Gasteiger partial charge is 0.263 e. The van der Waals surface area contributed by atoms with E-state index in [2.05, 4.69) is 25.6 Å². The number of nitrogens with zero attached hydrogens (tertiary/aromatic N) is 1. The van der Waals surface area contributed by atoms with Crippen molar-refractivity contribution in [3.63, 3.8) is 0 Å². The number of rotatable bonds is 3. The quantitative estimate of drug-likeness (QED) is 0.906. The van der Waals surface area contributed by atoms with Crippen molar-refractivity contribution >= 4 is 43.4 Å². The highest BCUT2D eigenvalue weighted by molar-refractivity contribution is 9.10. The molecule has 0 atom stereocenters. The maximum atomic E-state index is 13.0. The summed E-state index contributed by atoms with van der Waals surface area (Å²) < 4.78 is 40.0. The van der Waals surface area contributed by atoms with Crippen LogP contribution in [-0.2, 0) is 10.0 Å². The topological polar surface area (TPSA) is 59.1 Å². The summed E-state index contributed by atoms with van der Waals surface area (Å²) >= 11 is 8.76. The summed E-state index contributed by atoms with van der Waals surface area (Å²) in [7, 11) is -3.85. The van der Waals surface area contributed by atoms with Gasteiger partial charge in [-0.05, 0) is 30.3 Å². The van der Waals surface area contributed by atoms with Gasteiger partial charge in [-0.3, -0.25) is 4.72 Å². The van der Waals surface area contributed by atoms with Gasteiger partial charge in [-0.25, -0.2) is 17.8 Å². The van der Waals surface area contributed by atoms with Gasteiger partial charge in [-0.1, -0.05) is 27.5 Å². The number of halogens is 3. The summed E-state index contributed by atoms with van der Waals surface area (Å²) in [5.41, 5.74) is 0. The summed E-state index contributed by atoms with van der Waals surface area (Å²) in [6, 6.07) is 6.32. The molecule has 0 amide bonds. The Morgan fingerprint density at radius 1 is 1.26 bits per heavy atom. The summed E-state index contributed by atoms with van der Waals surface area (Å²) in [5, 5.41) is -0.259. The van der Waals surface area contributed by atoms with E-state index >= 15 is 0 Å². The Morgan fingerprint density at radius 3 is 2.63 bits per heavy atom. The molecule has 19 heavy (non-hydrogen) atoms. The predicted octanol–water partition coefficient (Wildman–Crippen LogP) is 3.44. The van der Waals surface area contributed by atoms with Crippen molar-refractivity contribution in [2.24, 2.45) is 0 Å². The first kappa shape index (κ1) is 14.2. The van der Waals surface area contributed by atoms with Crippen molar-refractivity contribution in [3.05, 3.63) is 51.8 Å². The molecule has 0 spiro atoms. The van der Waals surface area contributed by atoms with Crippen LogP contribution in [0.2, 0.25) is 5.02 Å². The van der Waals surface area contributed by atoms with Crippen LogP contribution in [-0.4, -0.2) is 13.4 Å². The standard InChI is InChI=1S/C11H7BrClFN2O2S/c12-7-3-4-15-11(5-7)16-19(17,18)8-1-2-10(14)9(13)6-8/h1-6H,(H,15,16). The number of anilines is 1. The van der Waals surface area contributed by atoms with Crippen LogP contribution >= 0.6 is 27.5 Å². The Balaban J connectivity index is 2.35. The fraction of sp³-hybridized carbons (Fsp3) is 0. The van der Waals surface area contributed by atoms with Gasteiger partial charge in [0.1, 0.15) is 11.6 Å². The van der Waals surface area contributed by atoms with Crippen LogP contribution in [0.25, 0.3) is 0 Å². The highest BCUT2D eigenvalue weighted by Crippen LogP contribution is 2.22. The Bertz CT molecular complexity index is 724. The monoisotopic (exact) mass is 364 g/mol. The third-order valence-electron chi connectivity index (χ3n) is 2.16. The number of benzene rings is 1. The minimum Gasteiger partial charge on any atom is -0.263 e. The molecule has 2 aromatic rings. The molecule has 0 unspecified atom stereocenters. The van der Waals surface area contributed by atoms with Crippen LogP contribution in [0.3, 0.4) is 0 Å². The fourth-order valence-electron chi connectivity index (χ4n) is 1.30. The molecular formula is C11H7BrClFN2O2S. The number of sulfonamides is 1. The summed E-state index contributed by atoms with van der Waals surface area (Å²) in [6.07, 6.45) is 1.44. The van der Waals surface area contributed by atoms with Crippen LogP contribution in [0.15, 0.2) is 45.9 Å². The zero-order chi connectivity index (χ0) is 14.0. The molecule has 1 aromatic heterocycles. The summed E-state index contributed by atoms with van der Waals surface area (Å²) in [6.45, 7) is 0. The molecule has 0 fully saturated rings. The van der Waals surface area contributed by atoms with Crippen molar-refractivity contribution in [2.45, 2.75) is 4.90 Å². The number of hydrogen-bond donors (Lipinski definition) is 1.